The molecule has 0 spiro atoms. The maximum Gasteiger partial charge on any atom is 0.335 e. The Morgan fingerprint density at radius 3 is 2.89 bits per heavy atom. The minimum atomic E-state index is -0.957. The van der Waals surface area contributed by atoms with Gasteiger partial charge in [-0.25, -0.2) is 4.79 Å². The molecule has 0 aliphatic heterocycles. The van der Waals surface area contributed by atoms with Crippen LogP contribution < -0.4 is 4.74 Å². The van der Waals surface area contributed by atoms with Crippen molar-refractivity contribution in [2.75, 3.05) is 19.8 Å². The van der Waals surface area contributed by atoms with Crippen molar-refractivity contribution in [2.45, 2.75) is 12.8 Å². The Kier molecular flexibility index (Phi) is 6.58. The first-order chi connectivity index (χ1) is 8.74. The molecule has 0 radical (unpaired) electrons. The second kappa shape index (κ2) is 8.31. The van der Waals surface area contributed by atoms with Crippen LogP contribution in [0.4, 0.5) is 0 Å². The number of ether oxygens (including phenoxy) is 2. The third-order valence-corrected chi connectivity index (χ3v) is 2.27. The molecule has 1 aromatic carbocycles. The fourth-order valence-electron chi connectivity index (χ4n) is 1.37. The van der Waals surface area contributed by atoms with Gasteiger partial charge in [0.25, 0.3) is 0 Å². The number of hydrogen-bond donors (Lipinski definition) is 1. The normalized spacial score (nSPS) is 10.0. The molecule has 1 rings (SSSR count). The predicted octanol–water partition coefficient (Wildman–Crippen LogP) is 2.75. The number of carboxylic acids is 1. The SMILES string of the molecule is C=CCCCOCCOc1cccc(C(=O)O)c1. The second-order valence-electron chi connectivity index (χ2n) is 3.72. The van der Waals surface area contributed by atoms with Gasteiger partial charge in [0, 0.05) is 6.61 Å². The van der Waals surface area contributed by atoms with Crippen LogP contribution in [0.2, 0.25) is 0 Å². The van der Waals surface area contributed by atoms with Gasteiger partial charge in [0.05, 0.1) is 12.2 Å². The molecule has 0 unspecified atom stereocenters. The van der Waals surface area contributed by atoms with Gasteiger partial charge in [-0.3, -0.25) is 0 Å². The minimum absolute atomic E-state index is 0.222. The van der Waals surface area contributed by atoms with Gasteiger partial charge in [-0.15, -0.1) is 6.58 Å². The van der Waals surface area contributed by atoms with Crippen LogP contribution >= 0.6 is 0 Å². The molecule has 1 aromatic rings. The highest BCUT2D eigenvalue weighted by Gasteiger charge is 2.03. The average Bonchev–Trinajstić information content (AvgIpc) is 2.38. The molecular formula is C14H18O4. The van der Waals surface area contributed by atoms with Crippen molar-refractivity contribution < 1.29 is 19.4 Å². The number of aromatic carboxylic acids is 1. The van der Waals surface area contributed by atoms with Crippen LogP contribution in [0, 0.1) is 0 Å². The van der Waals surface area contributed by atoms with Crippen LogP contribution in [-0.2, 0) is 4.74 Å². The topological polar surface area (TPSA) is 55.8 Å². The summed E-state index contributed by atoms with van der Waals surface area (Å²) in [4.78, 5) is 10.7. The summed E-state index contributed by atoms with van der Waals surface area (Å²) in [6.45, 7) is 5.22. The lowest BCUT2D eigenvalue weighted by Gasteiger charge is -2.07. The van der Waals surface area contributed by atoms with Crippen molar-refractivity contribution in [2.24, 2.45) is 0 Å². The van der Waals surface area contributed by atoms with E-state index in [1.54, 1.807) is 12.1 Å². The van der Waals surface area contributed by atoms with Crippen molar-refractivity contribution in [1.29, 1.82) is 0 Å². The Bertz CT molecular complexity index is 387. The third-order valence-electron chi connectivity index (χ3n) is 2.27. The minimum Gasteiger partial charge on any atom is -0.491 e. The van der Waals surface area contributed by atoms with Gasteiger partial charge in [-0.2, -0.15) is 0 Å². The average molecular weight is 250 g/mol. The summed E-state index contributed by atoms with van der Waals surface area (Å²) in [7, 11) is 0. The Labute approximate surface area is 107 Å². The highest BCUT2D eigenvalue weighted by Crippen LogP contribution is 2.13. The zero-order valence-electron chi connectivity index (χ0n) is 10.3. The smallest absolute Gasteiger partial charge is 0.335 e. The first-order valence-electron chi connectivity index (χ1n) is 5.89. The summed E-state index contributed by atoms with van der Waals surface area (Å²) in [5.41, 5.74) is 0.222. The van der Waals surface area contributed by atoms with Gasteiger partial charge in [-0.05, 0) is 31.0 Å². The molecule has 0 heterocycles. The lowest BCUT2D eigenvalue weighted by atomic mass is 10.2. The quantitative estimate of drug-likeness (QED) is 0.541. The van der Waals surface area contributed by atoms with Gasteiger partial charge >= 0.3 is 5.97 Å². The molecule has 18 heavy (non-hydrogen) atoms. The third kappa shape index (κ3) is 5.50. The maximum absolute atomic E-state index is 10.7. The molecule has 0 amide bonds. The summed E-state index contributed by atoms with van der Waals surface area (Å²) in [5.74, 6) is -0.411. The number of unbranched alkanes of at least 4 members (excludes halogenated alkanes) is 1. The Balaban J connectivity index is 2.21. The monoisotopic (exact) mass is 250 g/mol. The molecule has 4 nitrogen and oxygen atoms in total. The van der Waals surface area contributed by atoms with Crippen LogP contribution in [0.25, 0.3) is 0 Å². The van der Waals surface area contributed by atoms with E-state index in [2.05, 4.69) is 6.58 Å². The van der Waals surface area contributed by atoms with Crippen LogP contribution in [-0.4, -0.2) is 30.9 Å². The van der Waals surface area contributed by atoms with Gasteiger partial charge in [-0.1, -0.05) is 12.1 Å². The largest absolute Gasteiger partial charge is 0.491 e. The number of rotatable bonds is 9. The van der Waals surface area contributed by atoms with Crippen molar-refractivity contribution in [3.05, 3.63) is 42.5 Å². The van der Waals surface area contributed by atoms with Gasteiger partial charge < -0.3 is 14.6 Å². The van der Waals surface area contributed by atoms with Gasteiger partial charge in [0.15, 0.2) is 0 Å². The van der Waals surface area contributed by atoms with Crippen molar-refractivity contribution >= 4 is 5.97 Å². The van der Waals surface area contributed by atoms with Crippen molar-refractivity contribution in [1.82, 2.24) is 0 Å². The van der Waals surface area contributed by atoms with E-state index >= 15 is 0 Å². The Hall–Kier alpha value is -1.81. The van der Waals surface area contributed by atoms with E-state index in [0.29, 0.717) is 25.6 Å². The zero-order valence-corrected chi connectivity index (χ0v) is 10.3. The molecule has 0 fully saturated rings. The number of hydrogen-bond acceptors (Lipinski definition) is 3. The summed E-state index contributed by atoms with van der Waals surface area (Å²) in [6.07, 6.45) is 3.76. The predicted molar refractivity (Wildman–Crippen MR) is 69.1 cm³/mol. The molecule has 0 aromatic heterocycles. The van der Waals surface area contributed by atoms with Crippen LogP contribution in [0.3, 0.4) is 0 Å². The summed E-state index contributed by atoms with van der Waals surface area (Å²) < 4.78 is 10.7. The van der Waals surface area contributed by atoms with E-state index in [9.17, 15) is 4.79 Å². The molecule has 0 aliphatic rings. The molecule has 0 bridgehead atoms. The molecule has 0 aliphatic carbocycles. The highest BCUT2D eigenvalue weighted by atomic mass is 16.5. The highest BCUT2D eigenvalue weighted by molar-refractivity contribution is 5.87. The van der Waals surface area contributed by atoms with Crippen LogP contribution in [0.15, 0.2) is 36.9 Å². The summed E-state index contributed by atoms with van der Waals surface area (Å²) in [6, 6.07) is 6.41. The van der Waals surface area contributed by atoms with E-state index in [0.717, 1.165) is 12.8 Å². The number of benzene rings is 1. The number of allylic oxidation sites excluding steroid dienone is 1. The molecule has 1 N–H and O–H groups in total. The van der Waals surface area contributed by atoms with Crippen molar-refractivity contribution in [3.8, 4) is 5.75 Å². The standard InChI is InChI=1S/C14H18O4/c1-2-3-4-8-17-9-10-18-13-7-5-6-12(11-13)14(15)16/h2,5-7,11H,1,3-4,8-10H2,(H,15,16). The van der Waals surface area contributed by atoms with E-state index in [1.165, 1.54) is 12.1 Å². The Morgan fingerprint density at radius 2 is 2.17 bits per heavy atom. The number of carbonyl (C=O) groups is 1. The van der Waals surface area contributed by atoms with Crippen LogP contribution in [0.1, 0.15) is 23.2 Å². The molecule has 0 saturated heterocycles. The molecule has 0 saturated carbocycles. The van der Waals surface area contributed by atoms with E-state index in [4.69, 9.17) is 14.6 Å². The number of carboxylic acid groups (broad SMARTS) is 1. The van der Waals surface area contributed by atoms with E-state index in [-0.39, 0.29) is 5.56 Å². The maximum atomic E-state index is 10.7. The molecule has 98 valence electrons. The zero-order chi connectivity index (χ0) is 13.2. The first kappa shape index (κ1) is 14.3. The molecular weight excluding hydrogens is 232 g/mol. The van der Waals surface area contributed by atoms with E-state index < -0.39 is 5.97 Å². The lowest BCUT2D eigenvalue weighted by molar-refractivity contribution is 0.0696. The van der Waals surface area contributed by atoms with Gasteiger partial charge in [0.1, 0.15) is 12.4 Å². The first-order valence-corrected chi connectivity index (χ1v) is 5.89. The fraction of sp³-hybridized carbons (Fsp3) is 0.357. The van der Waals surface area contributed by atoms with Crippen LogP contribution in [0.5, 0.6) is 5.75 Å². The van der Waals surface area contributed by atoms with Crippen molar-refractivity contribution in [3.63, 3.8) is 0 Å². The lowest BCUT2D eigenvalue weighted by Crippen LogP contribution is -2.08. The Morgan fingerprint density at radius 1 is 1.33 bits per heavy atom. The summed E-state index contributed by atoms with van der Waals surface area (Å²) >= 11 is 0. The van der Waals surface area contributed by atoms with E-state index in [1.807, 2.05) is 6.08 Å². The molecule has 4 heteroatoms. The fourth-order valence-corrected chi connectivity index (χ4v) is 1.37. The summed E-state index contributed by atoms with van der Waals surface area (Å²) in [5, 5.41) is 8.81. The van der Waals surface area contributed by atoms with Gasteiger partial charge in [0.2, 0.25) is 0 Å². The second-order valence-corrected chi connectivity index (χ2v) is 3.72. The molecule has 0 atom stereocenters.